The number of hydrogen-bond acceptors (Lipinski definition) is 1. The van der Waals surface area contributed by atoms with Gasteiger partial charge >= 0.3 is 0 Å². The van der Waals surface area contributed by atoms with Crippen molar-refractivity contribution in [1.82, 2.24) is 4.98 Å². The minimum absolute atomic E-state index is 0.609. The largest absolute Gasteiger partial charge is 0.367 e. The maximum Gasteiger partial charge on any atom is 0.0625 e. The molecule has 0 saturated carbocycles. The molecule has 2 nitrogen and oxygen atoms in total. The Hall–Kier alpha value is -1.23. The number of nitriles is 1. The van der Waals surface area contributed by atoms with Crippen molar-refractivity contribution < 1.29 is 0 Å². The highest BCUT2D eigenvalue weighted by Gasteiger charge is 1.88. The molecule has 0 aliphatic carbocycles. The van der Waals surface area contributed by atoms with Crippen LogP contribution in [0.3, 0.4) is 0 Å². The first-order chi connectivity index (χ1) is 4.43. The van der Waals surface area contributed by atoms with Crippen molar-refractivity contribution in [2.24, 2.45) is 0 Å². The average Bonchev–Trinajstić information content (AvgIpc) is 2.34. The van der Waals surface area contributed by atoms with E-state index in [4.69, 9.17) is 5.26 Å². The second-order valence-corrected chi connectivity index (χ2v) is 1.88. The summed E-state index contributed by atoms with van der Waals surface area (Å²) in [5, 5.41) is 8.20. The van der Waals surface area contributed by atoms with E-state index in [9.17, 15) is 0 Å². The topological polar surface area (TPSA) is 39.6 Å². The molecule has 2 heteroatoms. The maximum absolute atomic E-state index is 8.20. The lowest BCUT2D eigenvalue weighted by atomic mass is 10.2. The molecule has 1 aromatic heterocycles. The van der Waals surface area contributed by atoms with Crippen molar-refractivity contribution in [2.75, 3.05) is 0 Å². The summed E-state index contributed by atoms with van der Waals surface area (Å²) in [6.07, 6.45) is 5.25. The summed E-state index contributed by atoms with van der Waals surface area (Å²) >= 11 is 0. The van der Waals surface area contributed by atoms with Gasteiger partial charge in [0.2, 0.25) is 0 Å². The van der Waals surface area contributed by atoms with Crippen LogP contribution in [0.1, 0.15) is 12.0 Å². The van der Waals surface area contributed by atoms with Gasteiger partial charge in [-0.2, -0.15) is 5.26 Å². The van der Waals surface area contributed by atoms with Crippen molar-refractivity contribution in [3.63, 3.8) is 0 Å². The van der Waals surface area contributed by atoms with Crippen LogP contribution in [0.25, 0.3) is 0 Å². The number of aromatic amines is 1. The van der Waals surface area contributed by atoms with Crippen LogP contribution in [-0.2, 0) is 6.42 Å². The standard InChI is InChI=1S/C7H8N2/c8-4-1-2-7-3-5-9-6-7/h3,5-6,9H,1-2H2. The van der Waals surface area contributed by atoms with E-state index < -0.39 is 0 Å². The van der Waals surface area contributed by atoms with E-state index in [1.807, 2.05) is 18.5 Å². The first-order valence-electron chi connectivity index (χ1n) is 2.92. The molecule has 0 aliphatic heterocycles. The summed E-state index contributed by atoms with van der Waals surface area (Å²) in [5.74, 6) is 0. The van der Waals surface area contributed by atoms with Gasteiger partial charge in [0.25, 0.3) is 0 Å². The smallest absolute Gasteiger partial charge is 0.0625 e. The zero-order chi connectivity index (χ0) is 6.53. The average molecular weight is 120 g/mol. The number of nitrogens with zero attached hydrogens (tertiary/aromatic N) is 1. The lowest BCUT2D eigenvalue weighted by molar-refractivity contribution is 1.01. The van der Waals surface area contributed by atoms with E-state index in [0.717, 1.165) is 6.42 Å². The molecule has 0 aliphatic rings. The maximum atomic E-state index is 8.20. The summed E-state index contributed by atoms with van der Waals surface area (Å²) in [7, 11) is 0. The zero-order valence-corrected chi connectivity index (χ0v) is 5.09. The van der Waals surface area contributed by atoms with Crippen LogP contribution in [0.2, 0.25) is 0 Å². The fourth-order valence-electron chi connectivity index (χ4n) is 0.714. The molecule has 0 unspecified atom stereocenters. The van der Waals surface area contributed by atoms with Crippen LogP contribution in [0.5, 0.6) is 0 Å². The van der Waals surface area contributed by atoms with Crippen molar-refractivity contribution >= 4 is 0 Å². The van der Waals surface area contributed by atoms with Crippen molar-refractivity contribution in [3.8, 4) is 6.07 Å². The fraction of sp³-hybridized carbons (Fsp3) is 0.286. The van der Waals surface area contributed by atoms with E-state index in [0.29, 0.717) is 6.42 Å². The number of hydrogen-bond donors (Lipinski definition) is 1. The van der Waals surface area contributed by atoms with Crippen LogP contribution >= 0.6 is 0 Å². The SMILES string of the molecule is N#CCCc1cc[nH]c1. The number of aromatic nitrogens is 1. The Kier molecular flexibility index (Phi) is 1.92. The number of nitrogens with one attached hydrogen (secondary N) is 1. The van der Waals surface area contributed by atoms with Gasteiger partial charge in [0.15, 0.2) is 0 Å². The molecule has 1 aromatic rings. The minimum Gasteiger partial charge on any atom is -0.367 e. The Morgan fingerprint density at radius 2 is 2.56 bits per heavy atom. The normalized spacial score (nSPS) is 8.78. The Morgan fingerprint density at radius 1 is 1.67 bits per heavy atom. The second kappa shape index (κ2) is 2.93. The summed E-state index contributed by atoms with van der Waals surface area (Å²) in [4.78, 5) is 2.93. The van der Waals surface area contributed by atoms with E-state index in [1.54, 1.807) is 0 Å². The molecule has 0 bridgehead atoms. The van der Waals surface area contributed by atoms with Gasteiger partial charge in [-0.3, -0.25) is 0 Å². The molecule has 1 N–H and O–H groups in total. The van der Waals surface area contributed by atoms with Crippen molar-refractivity contribution in [3.05, 3.63) is 24.0 Å². The molecule has 46 valence electrons. The molecule has 9 heavy (non-hydrogen) atoms. The van der Waals surface area contributed by atoms with Gasteiger partial charge in [0.05, 0.1) is 6.07 Å². The molecule has 1 heterocycles. The first kappa shape index (κ1) is 5.90. The molecule has 0 aromatic carbocycles. The second-order valence-electron chi connectivity index (χ2n) is 1.88. The highest BCUT2D eigenvalue weighted by Crippen LogP contribution is 1.98. The van der Waals surface area contributed by atoms with Gasteiger partial charge in [-0.1, -0.05) is 0 Å². The highest BCUT2D eigenvalue weighted by molar-refractivity contribution is 5.09. The number of aryl methyl sites for hydroxylation is 1. The Balaban J connectivity index is 2.41. The van der Waals surface area contributed by atoms with Crippen LogP contribution in [0.15, 0.2) is 18.5 Å². The van der Waals surface area contributed by atoms with Crippen LogP contribution in [-0.4, -0.2) is 4.98 Å². The van der Waals surface area contributed by atoms with E-state index in [-0.39, 0.29) is 0 Å². The summed E-state index contributed by atoms with van der Waals surface area (Å²) < 4.78 is 0. The Morgan fingerprint density at radius 3 is 3.11 bits per heavy atom. The first-order valence-corrected chi connectivity index (χ1v) is 2.92. The molecule has 0 fully saturated rings. The third-order valence-corrected chi connectivity index (χ3v) is 1.19. The van der Waals surface area contributed by atoms with Gasteiger partial charge in [-0.05, 0) is 18.1 Å². The van der Waals surface area contributed by atoms with E-state index >= 15 is 0 Å². The van der Waals surface area contributed by atoms with E-state index in [1.165, 1.54) is 5.56 Å². The molecule has 0 saturated heterocycles. The van der Waals surface area contributed by atoms with Gasteiger partial charge < -0.3 is 4.98 Å². The molecular weight excluding hydrogens is 112 g/mol. The van der Waals surface area contributed by atoms with Gasteiger partial charge in [-0.15, -0.1) is 0 Å². The zero-order valence-electron chi connectivity index (χ0n) is 5.09. The molecule has 1 rings (SSSR count). The van der Waals surface area contributed by atoms with Crippen molar-refractivity contribution in [2.45, 2.75) is 12.8 Å². The molecule has 0 atom stereocenters. The van der Waals surface area contributed by atoms with Crippen LogP contribution in [0.4, 0.5) is 0 Å². The molecular formula is C7H8N2. The van der Waals surface area contributed by atoms with Crippen LogP contribution < -0.4 is 0 Å². The third kappa shape index (κ3) is 1.61. The summed E-state index contributed by atoms with van der Waals surface area (Å²) in [5.41, 5.74) is 1.21. The molecule has 0 amide bonds. The lowest BCUT2D eigenvalue weighted by Gasteiger charge is -1.84. The van der Waals surface area contributed by atoms with Crippen LogP contribution in [0, 0.1) is 11.3 Å². The lowest BCUT2D eigenvalue weighted by Crippen LogP contribution is -1.76. The number of rotatable bonds is 2. The third-order valence-electron chi connectivity index (χ3n) is 1.19. The number of H-pyrrole nitrogens is 1. The van der Waals surface area contributed by atoms with Crippen molar-refractivity contribution in [1.29, 1.82) is 5.26 Å². The van der Waals surface area contributed by atoms with E-state index in [2.05, 4.69) is 11.1 Å². The van der Waals surface area contributed by atoms with Gasteiger partial charge in [0, 0.05) is 18.8 Å². The molecule has 0 spiro atoms. The van der Waals surface area contributed by atoms with Gasteiger partial charge in [-0.25, -0.2) is 0 Å². The summed E-state index contributed by atoms with van der Waals surface area (Å²) in [6, 6.07) is 4.08. The quantitative estimate of drug-likeness (QED) is 0.630. The predicted octanol–water partition coefficient (Wildman–Crippen LogP) is 1.47. The van der Waals surface area contributed by atoms with Gasteiger partial charge in [0.1, 0.15) is 0 Å². The highest BCUT2D eigenvalue weighted by atomic mass is 14.6. The predicted molar refractivity (Wildman–Crippen MR) is 34.7 cm³/mol. The Labute approximate surface area is 54.1 Å². The Bertz CT molecular complexity index is 193. The summed E-state index contributed by atoms with van der Waals surface area (Å²) in [6.45, 7) is 0. The minimum atomic E-state index is 0.609. The molecule has 0 radical (unpaired) electrons. The fourth-order valence-corrected chi connectivity index (χ4v) is 0.714. The monoisotopic (exact) mass is 120 g/mol.